The van der Waals surface area contributed by atoms with Gasteiger partial charge in [0.25, 0.3) is 0 Å². The number of hydrogen-bond donors (Lipinski definition) is 0. The van der Waals surface area contributed by atoms with Crippen LogP contribution in [0.3, 0.4) is 0 Å². The Morgan fingerprint density at radius 2 is 2.13 bits per heavy atom. The summed E-state index contributed by atoms with van der Waals surface area (Å²) in [6.45, 7) is 9.27. The summed E-state index contributed by atoms with van der Waals surface area (Å²) < 4.78 is 7.90. The van der Waals surface area contributed by atoms with E-state index in [1.807, 2.05) is 11.6 Å². The number of pyridine rings is 1. The number of carbonyl (C=O) groups excluding carboxylic acids is 1. The van der Waals surface area contributed by atoms with Crippen LogP contribution in [0, 0.1) is 19.8 Å². The number of ether oxygens (including phenoxy) is 1. The summed E-state index contributed by atoms with van der Waals surface area (Å²) >= 11 is 3.27. The average molecular weight is 380 g/mol. The maximum atomic E-state index is 12.0. The van der Waals surface area contributed by atoms with E-state index < -0.39 is 0 Å². The van der Waals surface area contributed by atoms with Crippen LogP contribution in [-0.2, 0) is 17.8 Å². The Kier molecular flexibility index (Phi) is 5.93. The molecule has 5 nitrogen and oxygen atoms in total. The minimum absolute atomic E-state index is 0.269. The van der Waals surface area contributed by atoms with Crippen LogP contribution in [0.5, 0.6) is 5.75 Å². The monoisotopic (exact) mass is 379 g/mol. The number of esters is 1. The number of carbonyl (C=O) groups is 1. The minimum atomic E-state index is -0.269. The van der Waals surface area contributed by atoms with Crippen molar-refractivity contribution in [3.8, 4) is 5.75 Å². The molecular weight excluding hydrogens is 358 g/mol. The number of hydrogen-bond acceptors (Lipinski definition) is 4. The molecule has 0 aromatic carbocycles. The van der Waals surface area contributed by atoms with E-state index in [0.29, 0.717) is 29.1 Å². The molecule has 23 heavy (non-hydrogen) atoms. The molecule has 2 aromatic heterocycles. The first kappa shape index (κ1) is 17.7. The highest BCUT2D eigenvalue weighted by Crippen LogP contribution is 2.22. The first-order valence-corrected chi connectivity index (χ1v) is 8.51. The van der Waals surface area contributed by atoms with Crippen LogP contribution in [0.25, 0.3) is 0 Å². The zero-order valence-electron chi connectivity index (χ0n) is 14.0. The highest BCUT2D eigenvalue weighted by atomic mass is 79.9. The van der Waals surface area contributed by atoms with Crippen molar-refractivity contribution in [3.63, 3.8) is 0 Å². The lowest BCUT2D eigenvalue weighted by Gasteiger charge is -2.08. The molecule has 2 rings (SSSR count). The number of aryl methyl sites for hydroxylation is 1. The average Bonchev–Trinajstić information content (AvgIpc) is 2.73. The van der Waals surface area contributed by atoms with Crippen molar-refractivity contribution in [3.05, 3.63) is 39.9 Å². The van der Waals surface area contributed by atoms with E-state index in [2.05, 4.69) is 46.8 Å². The largest absolute Gasteiger partial charge is 0.424 e. The lowest BCUT2D eigenvalue weighted by molar-refractivity contribution is -0.134. The first-order valence-electron chi connectivity index (χ1n) is 7.72. The molecule has 0 aliphatic carbocycles. The lowest BCUT2D eigenvalue weighted by Crippen LogP contribution is -2.11. The minimum Gasteiger partial charge on any atom is -0.424 e. The second-order valence-corrected chi connectivity index (χ2v) is 6.74. The summed E-state index contributed by atoms with van der Waals surface area (Å²) in [5.74, 6) is 0.712. The standard InChI is InChI=1S/C17H22BrN3O2/c1-11(2)10-21-13(4)14(12(3)20-21)7-8-16(22)23-15-6-5-9-19-17(15)18/h5-6,9,11H,7-8,10H2,1-4H3. The van der Waals surface area contributed by atoms with Crippen LogP contribution < -0.4 is 4.74 Å². The molecule has 124 valence electrons. The molecule has 2 heterocycles. The van der Waals surface area contributed by atoms with Crippen LogP contribution in [0.15, 0.2) is 22.9 Å². The zero-order valence-corrected chi connectivity index (χ0v) is 15.6. The highest BCUT2D eigenvalue weighted by molar-refractivity contribution is 9.10. The van der Waals surface area contributed by atoms with Gasteiger partial charge >= 0.3 is 5.97 Å². The molecule has 0 spiro atoms. The smallest absolute Gasteiger partial charge is 0.311 e. The molecule has 0 amide bonds. The topological polar surface area (TPSA) is 57.0 Å². The molecule has 6 heteroatoms. The van der Waals surface area contributed by atoms with Crippen molar-refractivity contribution in [1.82, 2.24) is 14.8 Å². The molecule has 0 saturated carbocycles. The molecule has 0 aliphatic heterocycles. The molecule has 0 saturated heterocycles. The third kappa shape index (κ3) is 4.64. The second-order valence-electron chi connectivity index (χ2n) is 5.99. The van der Waals surface area contributed by atoms with E-state index in [4.69, 9.17) is 4.74 Å². The fourth-order valence-electron chi connectivity index (χ4n) is 2.47. The van der Waals surface area contributed by atoms with Crippen molar-refractivity contribution in [2.24, 2.45) is 5.92 Å². The van der Waals surface area contributed by atoms with Gasteiger partial charge in [-0.05, 0) is 59.8 Å². The van der Waals surface area contributed by atoms with Gasteiger partial charge in [0.05, 0.1) is 12.1 Å². The van der Waals surface area contributed by atoms with Gasteiger partial charge in [-0.25, -0.2) is 4.98 Å². The highest BCUT2D eigenvalue weighted by Gasteiger charge is 2.15. The maximum absolute atomic E-state index is 12.0. The number of nitrogens with zero attached hydrogens (tertiary/aromatic N) is 3. The van der Waals surface area contributed by atoms with Crippen LogP contribution >= 0.6 is 15.9 Å². The Hall–Kier alpha value is -1.69. The Bertz CT molecular complexity index is 695. The third-order valence-electron chi connectivity index (χ3n) is 3.60. The van der Waals surface area contributed by atoms with Gasteiger partial charge in [-0.1, -0.05) is 13.8 Å². The van der Waals surface area contributed by atoms with E-state index in [9.17, 15) is 4.79 Å². The Labute approximate surface area is 145 Å². The normalized spacial score (nSPS) is 11.0. The van der Waals surface area contributed by atoms with Gasteiger partial charge in [0.15, 0.2) is 5.75 Å². The number of rotatable bonds is 6. The number of halogens is 1. The molecule has 0 radical (unpaired) electrons. The molecule has 0 atom stereocenters. The van der Waals surface area contributed by atoms with Crippen LogP contribution in [-0.4, -0.2) is 20.7 Å². The van der Waals surface area contributed by atoms with E-state index in [-0.39, 0.29) is 5.97 Å². The van der Waals surface area contributed by atoms with Gasteiger partial charge in [0.2, 0.25) is 0 Å². The van der Waals surface area contributed by atoms with Gasteiger partial charge in [0.1, 0.15) is 4.60 Å². The van der Waals surface area contributed by atoms with Gasteiger partial charge in [-0.15, -0.1) is 0 Å². The van der Waals surface area contributed by atoms with E-state index in [1.54, 1.807) is 18.3 Å². The molecular formula is C17H22BrN3O2. The van der Waals surface area contributed by atoms with E-state index in [0.717, 1.165) is 23.5 Å². The van der Waals surface area contributed by atoms with Crippen LogP contribution in [0.1, 0.15) is 37.2 Å². The summed E-state index contributed by atoms with van der Waals surface area (Å²) in [6, 6.07) is 3.45. The quantitative estimate of drug-likeness (QED) is 0.564. The van der Waals surface area contributed by atoms with Gasteiger partial charge in [-0.3, -0.25) is 9.48 Å². The molecule has 0 bridgehead atoms. The molecule has 0 N–H and O–H groups in total. The second kappa shape index (κ2) is 7.73. The Morgan fingerprint density at radius 3 is 2.78 bits per heavy atom. The summed E-state index contributed by atoms with van der Waals surface area (Å²) in [5, 5.41) is 4.57. The maximum Gasteiger partial charge on any atom is 0.311 e. The van der Waals surface area contributed by atoms with E-state index in [1.165, 1.54) is 0 Å². The predicted octanol–water partition coefficient (Wildman–Crippen LogP) is 3.85. The molecule has 0 fully saturated rings. The van der Waals surface area contributed by atoms with Crippen molar-refractivity contribution in [1.29, 1.82) is 0 Å². The third-order valence-corrected chi connectivity index (χ3v) is 4.19. The lowest BCUT2D eigenvalue weighted by atomic mass is 10.1. The van der Waals surface area contributed by atoms with Crippen molar-refractivity contribution in [2.75, 3.05) is 0 Å². The van der Waals surface area contributed by atoms with Gasteiger partial charge in [0, 0.05) is 18.4 Å². The molecule has 0 aliphatic rings. The van der Waals surface area contributed by atoms with Crippen molar-refractivity contribution in [2.45, 2.75) is 47.1 Å². The SMILES string of the molecule is Cc1nn(CC(C)C)c(C)c1CCC(=O)Oc1cccnc1Br. The molecule has 2 aromatic rings. The zero-order chi connectivity index (χ0) is 17.0. The van der Waals surface area contributed by atoms with Crippen molar-refractivity contribution < 1.29 is 9.53 Å². The van der Waals surface area contributed by atoms with Gasteiger partial charge < -0.3 is 4.74 Å². The van der Waals surface area contributed by atoms with Crippen LogP contribution in [0.2, 0.25) is 0 Å². The predicted molar refractivity (Wildman–Crippen MR) is 92.4 cm³/mol. The molecule has 0 unspecified atom stereocenters. The fourth-order valence-corrected chi connectivity index (χ4v) is 2.80. The van der Waals surface area contributed by atoms with Crippen molar-refractivity contribution >= 4 is 21.9 Å². The summed E-state index contributed by atoms with van der Waals surface area (Å²) in [4.78, 5) is 16.1. The van der Waals surface area contributed by atoms with Crippen LogP contribution in [0.4, 0.5) is 0 Å². The first-order chi connectivity index (χ1) is 10.9. The number of aromatic nitrogens is 3. The summed E-state index contributed by atoms with van der Waals surface area (Å²) in [5.41, 5.74) is 3.25. The summed E-state index contributed by atoms with van der Waals surface area (Å²) in [7, 11) is 0. The fraction of sp³-hybridized carbons (Fsp3) is 0.471. The van der Waals surface area contributed by atoms with E-state index >= 15 is 0 Å². The Morgan fingerprint density at radius 1 is 1.39 bits per heavy atom. The van der Waals surface area contributed by atoms with Gasteiger partial charge in [-0.2, -0.15) is 5.10 Å². The Balaban J connectivity index is 1.99. The summed E-state index contributed by atoms with van der Waals surface area (Å²) in [6.07, 6.45) is 2.58.